The lowest BCUT2D eigenvalue weighted by atomic mass is 9.88. The van der Waals surface area contributed by atoms with E-state index in [0.717, 1.165) is 16.9 Å². The molecule has 1 unspecified atom stereocenters. The molecule has 1 aromatic carbocycles. The van der Waals surface area contributed by atoms with Gasteiger partial charge in [0, 0.05) is 6.54 Å². The Kier molecular flexibility index (Phi) is 5.57. The highest BCUT2D eigenvalue weighted by Gasteiger charge is 2.28. The van der Waals surface area contributed by atoms with Gasteiger partial charge in [-0.25, -0.2) is 0 Å². The first-order chi connectivity index (χ1) is 9.28. The van der Waals surface area contributed by atoms with Crippen molar-refractivity contribution >= 4 is 5.91 Å². The largest absolute Gasteiger partial charge is 0.483 e. The summed E-state index contributed by atoms with van der Waals surface area (Å²) in [5.41, 5.74) is 7.48. The van der Waals surface area contributed by atoms with Crippen LogP contribution < -0.4 is 15.8 Å². The van der Waals surface area contributed by atoms with Crippen molar-refractivity contribution in [1.82, 2.24) is 5.32 Å². The van der Waals surface area contributed by atoms with E-state index in [9.17, 15) is 4.79 Å². The quantitative estimate of drug-likeness (QED) is 0.838. The van der Waals surface area contributed by atoms with Crippen molar-refractivity contribution < 1.29 is 9.53 Å². The SMILES string of the molecule is Cc1ccc(C)c(OCC(=O)NC(C)(CN)C(C)C)c1. The van der Waals surface area contributed by atoms with E-state index < -0.39 is 5.54 Å². The van der Waals surface area contributed by atoms with Gasteiger partial charge >= 0.3 is 0 Å². The molecule has 1 aromatic rings. The maximum absolute atomic E-state index is 12.0. The molecule has 0 aliphatic heterocycles. The number of carbonyl (C=O) groups excluding carboxylic acids is 1. The van der Waals surface area contributed by atoms with Gasteiger partial charge in [0.1, 0.15) is 5.75 Å². The third kappa shape index (κ3) is 4.23. The average molecular weight is 278 g/mol. The smallest absolute Gasteiger partial charge is 0.258 e. The molecular formula is C16H26N2O2. The molecule has 1 rings (SSSR count). The molecule has 0 heterocycles. The minimum atomic E-state index is -0.401. The molecule has 0 saturated carbocycles. The zero-order chi connectivity index (χ0) is 15.3. The minimum absolute atomic E-state index is 0.00655. The summed E-state index contributed by atoms with van der Waals surface area (Å²) in [6.07, 6.45) is 0. The summed E-state index contributed by atoms with van der Waals surface area (Å²) in [5.74, 6) is 0.865. The molecule has 0 aliphatic rings. The first kappa shape index (κ1) is 16.5. The molecule has 3 N–H and O–H groups in total. The normalized spacial score (nSPS) is 13.9. The zero-order valence-electron chi connectivity index (χ0n) is 13.1. The van der Waals surface area contributed by atoms with Crippen LogP contribution in [0.4, 0.5) is 0 Å². The lowest BCUT2D eigenvalue weighted by molar-refractivity contribution is -0.125. The number of amides is 1. The molecule has 112 valence electrons. The Morgan fingerprint density at radius 3 is 2.60 bits per heavy atom. The van der Waals surface area contributed by atoms with E-state index in [1.807, 2.05) is 52.8 Å². The molecule has 0 aliphatic carbocycles. The van der Waals surface area contributed by atoms with Crippen molar-refractivity contribution in [2.45, 2.75) is 40.2 Å². The van der Waals surface area contributed by atoms with Gasteiger partial charge in [-0.1, -0.05) is 26.0 Å². The van der Waals surface area contributed by atoms with Gasteiger partial charge in [0.25, 0.3) is 5.91 Å². The molecule has 4 heteroatoms. The fourth-order valence-electron chi connectivity index (χ4n) is 1.79. The van der Waals surface area contributed by atoms with E-state index in [0.29, 0.717) is 6.54 Å². The van der Waals surface area contributed by atoms with Crippen molar-refractivity contribution in [3.8, 4) is 5.75 Å². The van der Waals surface area contributed by atoms with Gasteiger partial charge in [-0.2, -0.15) is 0 Å². The van der Waals surface area contributed by atoms with Crippen LogP contribution in [0.5, 0.6) is 5.75 Å². The van der Waals surface area contributed by atoms with Crippen LogP contribution in [0.2, 0.25) is 0 Å². The third-order valence-electron chi connectivity index (χ3n) is 3.83. The topological polar surface area (TPSA) is 64.3 Å². The first-order valence-electron chi connectivity index (χ1n) is 6.99. The molecular weight excluding hydrogens is 252 g/mol. The highest BCUT2D eigenvalue weighted by atomic mass is 16.5. The number of hydrogen-bond donors (Lipinski definition) is 2. The van der Waals surface area contributed by atoms with E-state index in [2.05, 4.69) is 5.32 Å². The first-order valence-corrected chi connectivity index (χ1v) is 6.99. The second kappa shape index (κ2) is 6.75. The van der Waals surface area contributed by atoms with Crippen LogP contribution in [-0.2, 0) is 4.79 Å². The maximum Gasteiger partial charge on any atom is 0.258 e. The fourth-order valence-corrected chi connectivity index (χ4v) is 1.79. The third-order valence-corrected chi connectivity index (χ3v) is 3.83. The van der Waals surface area contributed by atoms with Gasteiger partial charge < -0.3 is 15.8 Å². The maximum atomic E-state index is 12.0. The monoisotopic (exact) mass is 278 g/mol. The summed E-state index contributed by atoms with van der Waals surface area (Å²) in [7, 11) is 0. The van der Waals surface area contributed by atoms with Crippen molar-refractivity contribution in [2.75, 3.05) is 13.2 Å². The molecule has 4 nitrogen and oxygen atoms in total. The summed E-state index contributed by atoms with van der Waals surface area (Å²) >= 11 is 0. The fraction of sp³-hybridized carbons (Fsp3) is 0.562. The molecule has 0 saturated heterocycles. The molecule has 0 aromatic heterocycles. The number of benzene rings is 1. The van der Waals surface area contributed by atoms with Crippen LogP contribution in [0.1, 0.15) is 31.9 Å². The summed E-state index contributed by atoms with van der Waals surface area (Å²) in [6.45, 7) is 10.4. The molecule has 1 atom stereocenters. The second-order valence-electron chi connectivity index (χ2n) is 5.88. The number of rotatable bonds is 6. The Labute approximate surface area is 121 Å². The Balaban J connectivity index is 2.62. The van der Waals surface area contributed by atoms with Crippen LogP contribution in [-0.4, -0.2) is 24.6 Å². The highest BCUT2D eigenvalue weighted by molar-refractivity contribution is 5.78. The van der Waals surface area contributed by atoms with Crippen LogP contribution in [0.3, 0.4) is 0 Å². The van der Waals surface area contributed by atoms with Crippen molar-refractivity contribution in [1.29, 1.82) is 0 Å². The molecule has 0 fully saturated rings. The number of carbonyl (C=O) groups is 1. The Morgan fingerprint density at radius 2 is 2.05 bits per heavy atom. The standard InChI is InChI=1S/C16H26N2O2/c1-11(2)16(5,10-17)18-15(19)9-20-14-8-12(3)6-7-13(14)4/h6-8,11H,9-10,17H2,1-5H3,(H,18,19). The summed E-state index contributed by atoms with van der Waals surface area (Å²) in [5, 5.41) is 2.96. The van der Waals surface area contributed by atoms with Crippen molar-refractivity contribution in [2.24, 2.45) is 11.7 Å². The van der Waals surface area contributed by atoms with E-state index in [1.165, 1.54) is 0 Å². The average Bonchev–Trinajstić information content (AvgIpc) is 2.39. The minimum Gasteiger partial charge on any atom is -0.483 e. The van der Waals surface area contributed by atoms with Gasteiger partial charge in [0.05, 0.1) is 5.54 Å². The lowest BCUT2D eigenvalue weighted by Gasteiger charge is -2.33. The van der Waals surface area contributed by atoms with Crippen molar-refractivity contribution in [3.05, 3.63) is 29.3 Å². The van der Waals surface area contributed by atoms with Gasteiger partial charge in [-0.15, -0.1) is 0 Å². The van der Waals surface area contributed by atoms with Crippen molar-refractivity contribution in [3.63, 3.8) is 0 Å². The zero-order valence-corrected chi connectivity index (χ0v) is 13.1. The Hall–Kier alpha value is -1.55. The van der Waals surface area contributed by atoms with Gasteiger partial charge in [0.15, 0.2) is 6.61 Å². The lowest BCUT2D eigenvalue weighted by Crippen LogP contribution is -2.56. The molecule has 0 spiro atoms. The van der Waals surface area contributed by atoms with Crippen LogP contribution >= 0.6 is 0 Å². The Bertz CT molecular complexity index is 472. The predicted octanol–water partition coefficient (Wildman–Crippen LogP) is 2.17. The Morgan fingerprint density at radius 1 is 1.40 bits per heavy atom. The second-order valence-corrected chi connectivity index (χ2v) is 5.88. The van der Waals surface area contributed by atoms with Crippen LogP contribution in [0.25, 0.3) is 0 Å². The highest BCUT2D eigenvalue weighted by Crippen LogP contribution is 2.19. The summed E-state index contributed by atoms with van der Waals surface area (Å²) < 4.78 is 5.60. The number of hydrogen-bond acceptors (Lipinski definition) is 3. The number of nitrogens with two attached hydrogens (primary N) is 1. The van der Waals surface area contributed by atoms with Gasteiger partial charge in [-0.3, -0.25) is 4.79 Å². The number of ether oxygens (including phenoxy) is 1. The van der Waals surface area contributed by atoms with E-state index in [1.54, 1.807) is 0 Å². The van der Waals surface area contributed by atoms with Gasteiger partial charge in [0.2, 0.25) is 0 Å². The van der Waals surface area contributed by atoms with E-state index >= 15 is 0 Å². The molecule has 20 heavy (non-hydrogen) atoms. The number of aryl methyl sites for hydroxylation is 2. The van der Waals surface area contributed by atoms with Crippen LogP contribution in [0, 0.1) is 19.8 Å². The molecule has 0 bridgehead atoms. The van der Waals surface area contributed by atoms with E-state index in [-0.39, 0.29) is 18.4 Å². The molecule has 0 radical (unpaired) electrons. The van der Waals surface area contributed by atoms with E-state index in [4.69, 9.17) is 10.5 Å². The molecule has 1 amide bonds. The number of nitrogens with one attached hydrogen (secondary N) is 1. The van der Waals surface area contributed by atoms with Gasteiger partial charge in [-0.05, 0) is 43.9 Å². The summed E-state index contributed by atoms with van der Waals surface area (Å²) in [4.78, 5) is 12.0. The van der Waals surface area contributed by atoms with Crippen LogP contribution in [0.15, 0.2) is 18.2 Å². The summed E-state index contributed by atoms with van der Waals surface area (Å²) in [6, 6.07) is 5.94. The predicted molar refractivity (Wildman–Crippen MR) is 81.9 cm³/mol.